The molecule has 0 bridgehead atoms. The lowest BCUT2D eigenvalue weighted by Crippen LogP contribution is -2.32. The van der Waals surface area contributed by atoms with Gasteiger partial charge in [0, 0.05) is 23.1 Å². The predicted molar refractivity (Wildman–Crippen MR) is 157 cm³/mol. The van der Waals surface area contributed by atoms with Crippen molar-refractivity contribution >= 4 is 33.2 Å². The molecule has 0 saturated carbocycles. The molecule has 2 heterocycles. The van der Waals surface area contributed by atoms with Crippen LogP contribution in [0.15, 0.2) is 57.3 Å². The van der Waals surface area contributed by atoms with Crippen LogP contribution in [0.2, 0.25) is 0 Å². The van der Waals surface area contributed by atoms with Crippen LogP contribution in [0.25, 0.3) is 0 Å². The number of carbonyl (C=O) groups excluding carboxylic acids is 2. The summed E-state index contributed by atoms with van der Waals surface area (Å²) in [4.78, 5) is 32.4. The van der Waals surface area contributed by atoms with Crippen LogP contribution in [-0.4, -0.2) is 56.0 Å². The van der Waals surface area contributed by atoms with E-state index in [0.29, 0.717) is 35.0 Å². The van der Waals surface area contributed by atoms with Crippen molar-refractivity contribution in [2.45, 2.75) is 45.1 Å². The fourth-order valence-corrected chi connectivity index (χ4v) is 6.58. The Labute approximate surface area is 248 Å². The van der Waals surface area contributed by atoms with E-state index in [1.165, 1.54) is 33.4 Å². The largest absolute Gasteiger partial charge is 0.496 e. The van der Waals surface area contributed by atoms with Crippen LogP contribution in [0.1, 0.15) is 54.9 Å². The molecule has 0 fully saturated rings. The molecule has 222 valence electrons. The second-order valence-corrected chi connectivity index (χ2v) is 12.1. The van der Waals surface area contributed by atoms with Gasteiger partial charge >= 0.3 is 0 Å². The lowest BCUT2D eigenvalue weighted by molar-refractivity contribution is 0.0740. The minimum atomic E-state index is -4.22. The van der Waals surface area contributed by atoms with Gasteiger partial charge in [-0.15, -0.1) is 11.3 Å². The molecule has 4 aromatic rings. The third-order valence-electron chi connectivity index (χ3n) is 6.60. The number of sulfonamides is 1. The summed E-state index contributed by atoms with van der Waals surface area (Å²) in [7, 11) is -1.16. The maximum Gasteiger partial charge on any atom is 0.284 e. The lowest BCUT2D eigenvalue weighted by atomic mass is 10.1. The lowest BCUT2D eigenvalue weighted by Gasteiger charge is -2.23. The van der Waals surface area contributed by atoms with Crippen LogP contribution < -0.4 is 14.2 Å². The van der Waals surface area contributed by atoms with Crippen LogP contribution >= 0.6 is 11.3 Å². The molecule has 42 heavy (non-hydrogen) atoms. The van der Waals surface area contributed by atoms with E-state index in [1.807, 2.05) is 42.0 Å². The molecule has 0 atom stereocenters. The molecular formula is C29H32N4O7S2. The second-order valence-electron chi connectivity index (χ2n) is 9.54. The summed E-state index contributed by atoms with van der Waals surface area (Å²) in [6.07, 6.45) is 1.44. The van der Waals surface area contributed by atoms with Crippen molar-refractivity contribution in [2.75, 3.05) is 20.8 Å². The summed E-state index contributed by atoms with van der Waals surface area (Å²) in [5, 5.41) is 5.56. The first kappa shape index (κ1) is 30.7. The van der Waals surface area contributed by atoms with Crippen LogP contribution in [0.3, 0.4) is 0 Å². The molecule has 2 amide bonds. The highest BCUT2D eigenvalue weighted by atomic mass is 32.2. The number of hydrogen-bond acceptors (Lipinski definition) is 10. The molecule has 0 aliphatic rings. The Morgan fingerprint density at radius 2 is 1.71 bits per heavy atom. The van der Waals surface area contributed by atoms with Gasteiger partial charge in [0.15, 0.2) is 10.7 Å². The van der Waals surface area contributed by atoms with Crippen molar-refractivity contribution in [3.63, 3.8) is 0 Å². The van der Waals surface area contributed by atoms with E-state index >= 15 is 0 Å². The number of nitrogens with zero attached hydrogens (tertiary/aromatic N) is 3. The molecule has 11 nitrogen and oxygen atoms in total. The number of hydrogen-bond donors (Lipinski definition) is 1. The van der Waals surface area contributed by atoms with Gasteiger partial charge in [-0.2, -0.15) is 0 Å². The maximum absolute atomic E-state index is 13.8. The molecule has 4 rings (SSSR count). The Morgan fingerprint density at radius 3 is 2.31 bits per heavy atom. The average molecular weight is 613 g/mol. The molecule has 0 saturated heterocycles. The van der Waals surface area contributed by atoms with E-state index in [2.05, 4.69) is 10.1 Å². The standard InChI is InChI=1S/C29H32N4O7S2/c1-18-24(38-4)14-22(15-25(18)39-5)29(35)33(13-9-12-21-10-7-6-8-11-21)16-26-30-23(17-41-26)28(34)32-42(36,37)27-19(2)31-40-20(27)3/h6-8,10-11,14-15,17H,9,12-13,16H2,1-5H3,(H,32,34). The number of rotatable bonds is 12. The number of carbonyl (C=O) groups is 2. The van der Waals surface area contributed by atoms with Crippen molar-refractivity contribution in [3.05, 3.63) is 86.7 Å². The van der Waals surface area contributed by atoms with Gasteiger partial charge in [0.25, 0.3) is 21.8 Å². The minimum Gasteiger partial charge on any atom is -0.496 e. The maximum atomic E-state index is 13.8. The first-order valence-electron chi connectivity index (χ1n) is 13.0. The van der Waals surface area contributed by atoms with E-state index in [9.17, 15) is 18.0 Å². The first-order valence-corrected chi connectivity index (χ1v) is 15.4. The van der Waals surface area contributed by atoms with E-state index in [0.717, 1.165) is 28.9 Å². The summed E-state index contributed by atoms with van der Waals surface area (Å²) >= 11 is 1.16. The van der Waals surface area contributed by atoms with Crippen LogP contribution in [-0.2, 0) is 23.0 Å². The topological polar surface area (TPSA) is 141 Å². The average Bonchev–Trinajstić information content (AvgIpc) is 3.58. The van der Waals surface area contributed by atoms with Gasteiger partial charge in [0.05, 0.1) is 20.8 Å². The molecule has 0 aliphatic heterocycles. The van der Waals surface area contributed by atoms with Crippen LogP contribution in [0.4, 0.5) is 0 Å². The minimum absolute atomic E-state index is 0.0702. The number of thiazole rings is 1. The van der Waals surface area contributed by atoms with Gasteiger partial charge in [0.1, 0.15) is 27.9 Å². The third-order valence-corrected chi connectivity index (χ3v) is 9.00. The third kappa shape index (κ3) is 6.97. The number of aryl methyl sites for hydroxylation is 3. The molecule has 1 N–H and O–H groups in total. The van der Waals surface area contributed by atoms with Gasteiger partial charge in [-0.1, -0.05) is 35.5 Å². The zero-order valence-corrected chi connectivity index (χ0v) is 25.6. The predicted octanol–water partition coefficient (Wildman–Crippen LogP) is 4.47. The van der Waals surface area contributed by atoms with Gasteiger partial charge in [-0.25, -0.2) is 18.1 Å². The van der Waals surface area contributed by atoms with Crippen LogP contribution in [0, 0.1) is 20.8 Å². The monoisotopic (exact) mass is 612 g/mol. The van der Waals surface area contributed by atoms with Crippen molar-refractivity contribution < 1.29 is 32.0 Å². The number of ether oxygens (including phenoxy) is 2. The Kier molecular flexibility index (Phi) is 9.63. The molecule has 0 radical (unpaired) electrons. The van der Waals surface area contributed by atoms with Crippen molar-refractivity contribution in [1.82, 2.24) is 19.8 Å². The number of benzene rings is 2. The molecule has 0 unspecified atom stereocenters. The Hall–Kier alpha value is -4.23. The molecule has 0 aliphatic carbocycles. The van der Waals surface area contributed by atoms with Gasteiger partial charge < -0.3 is 18.9 Å². The van der Waals surface area contributed by atoms with E-state index in [-0.39, 0.29) is 34.5 Å². The van der Waals surface area contributed by atoms with E-state index < -0.39 is 15.9 Å². The van der Waals surface area contributed by atoms with Crippen molar-refractivity contribution in [2.24, 2.45) is 0 Å². The zero-order valence-electron chi connectivity index (χ0n) is 24.0. The van der Waals surface area contributed by atoms with Crippen molar-refractivity contribution in [3.8, 4) is 11.5 Å². The highest BCUT2D eigenvalue weighted by molar-refractivity contribution is 7.90. The smallest absolute Gasteiger partial charge is 0.284 e. The zero-order chi connectivity index (χ0) is 30.4. The number of amides is 2. The van der Waals surface area contributed by atoms with Gasteiger partial charge in [-0.05, 0) is 51.3 Å². The number of nitrogens with one attached hydrogen (secondary N) is 1. The molecular weight excluding hydrogens is 580 g/mol. The summed E-state index contributed by atoms with van der Waals surface area (Å²) in [5.41, 5.74) is 2.36. The summed E-state index contributed by atoms with van der Waals surface area (Å²) in [5.74, 6) is -0.0422. The summed E-state index contributed by atoms with van der Waals surface area (Å²) in [6, 6.07) is 13.3. The summed E-state index contributed by atoms with van der Waals surface area (Å²) < 4.78 is 43.4. The molecule has 0 spiro atoms. The Morgan fingerprint density at radius 1 is 1.05 bits per heavy atom. The number of methoxy groups -OCH3 is 2. The van der Waals surface area contributed by atoms with Gasteiger partial charge in [-0.3, -0.25) is 9.59 Å². The van der Waals surface area contributed by atoms with Crippen molar-refractivity contribution in [1.29, 1.82) is 0 Å². The highest BCUT2D eigenvalue weighted by Crippen LogP contribution is 2.30. The summed E-state index contributed by atoms with van der Waals surface area (Å²) in [6.45, 7) is 5.29. The Balaban J connectivity index is 1.55. The molecule has 13 heteroatoms. The number of aromatic nitrogens is 2. The van der Waals surface area contributed by atoms with Gasteiger partial charge in [0.2, 0.25) is 0 Å². The van der Waals surface area contributed by atoms with E-state index in [4.69, 9.17) is 14.0 Å². The highest BCUT2D eigenvalue weighted by Gasteiger charge is 2.28. The van der Waals surface area contributed by atoms with Crippen LogP contribution in [0.5, 0.6) is 11.5 Å². The normalized spacial score (nSPS) is 11.3. The fraction of sp³-hybridized carbons (Fsp3) is 0.310. The second kappa shape index (κ2) is 13.2. The first-order chi connectivity index (χ1) is 20.0. The SMILES string of the molecule is COc1cc(C(=O)N(CCCc2ccccc2)Cc2nc(C(=O)NS(=O)(=O)c3c(C)noc3C)cs2)cc(OC)c1C. The molecule has 2 aromatic heterocycles. The molecule has 2 aromatic carbocycles. The Bertz CT molecular complexity index is 1640. The quantitative estimate of drug-likeness (QED) is 0.245. The fourth-order valence-electron chi connectivity index (χ4n) is 4.50. The van der Waals surface area contributed by atoms with E-state index in [1.54, 1.807) is 17.0 Å².